The summed E-state index contributed by atoms with van der Waals surface area (Å²) in [7, 11) is 0.100. The normalized spacial score (nSPS) is 44.0. The number of sulfone groups is 1. The smallest absolute Gasteiger partial charge is 0.325 e. The summed E-state index contributed by atoms with van der Waals surface area (Å²) in [5.41, 5.74) is -3.12. The molecule has 0 radical (unpaired) electrons. The molecule has 0 aromatic heterocycles. The van der Waals surface area contributed by atoms with Crippen molar-refractivity contribution >= 4 is 33.3 Å². The van der Waals surface area contributed by atoms with Crippen molar-refractivity contribution in [1.29, 1.82) is 0 Å². The fourth-order valence-electron chi connectivity index (χ4n) is 8.12. The third-order valence-corrected chi connectivity index (χ3v) is 12.3. The van der Waals surface area contributed by atoms with Gasteiger partial charge in [-0.15, -0.1) is 0 Å². The zero-order valence-corrected chi connectivity index (χ0v) is 31.1. The number of quaternary nitrogens is 1. The molecule has 0 bridgehead atoms. The molecule has 0 aromatic carbocycles. The van der Waals surface area contributed by atoms with Gasteiger partial charge in [0.25, 0.3) is 0 Å². The third-order valence-electron chi connectivity index (χ3n) is 10.9. The number of carbonyl (C=O) groups excluding carboxylic acids is 4. The highest BCUT2D eigenvalue weighted by Crippen LogP contribution is 2.47. The predicted octanol–water partition coefficient (Wildman–Crippen LogP) is 1.97. The van der Waals surface area contributed by atoms with Gasteiger partial charge in [0.2, 0.25) is 0 Å². The van der Waals surface area contributed by atoms with Gasteiger partial charge in [-0.3, -0.25) is 19.2 Å². The van der Waals surface area contributed by atoms with E-state index in [1.54, 1.807) is 34.6 Å². The Bertz CT molecular complexity index is 1350. The molecule has 3 fully saturated rings. The summed E-state index contributed by atoms with van der Waals surface area (Å²) < 4.78 is 55.1. The number of rotatable bonds is 6. The quantitative estimate of drug-likeness (QED) is 0.183. The number of nitrogens with zero attached hydrogens (tertiary/aromatic N) is 1. The fraction of sp³-hybridized carbons (Fsp3) is 0.879. The number of ketones is 2. The van der Waals surface area contributed by atoms with Crippen molar-refractivity contribution in [2.45, 2.75) is 128 Å². The minimum Gasteiger partial charge on any atom is -0.633 e. The second kappa shape index (κ2) is 14.3. The van der Waals surface area contributed by atoms with E-state index in [9.17, 15) is 37.9 Å². The maximum atomic E-state index is 14.3. The SMILES string of the molecule is CC[C@H]1OC(=O)[C@H](C)C(=O)[C@H](C)[C@@H](O[C@@H]2O[C@H](C)C[C@H]([N+](C)(C)[O-])[C@H]2O)[C@](C)(OC)C[C@@H](C)C(=O)C(C)C2C(S(C)(=O)=O)C(=O)O[C@@]21C. The molecule has 3 aliphatic heterocycles. The molecule has 15 heteroatoms. The molecule has 3 aliphatic rings. The van der Waals surface area contributed by atoms with Gasteiger partial charge in [-0.1, -0.05) is 27.7 Å². The molecule has 3 rings (SSSR count). The van der Waals surface area contributed by atoms with Crippen LogP contribution in [0, 0.1) is 34.8 Å². The van der Waals surface area contributed by atoms with E-state index in [1.807, 2.05) is 0 Å². The maximum absolute atomic E-state index is 14.3. The van der Waals surface area contributed by atoms with Crippen LogP contribution in [0.4, 0.5) is 0 Å². The number of likely N-dealkylation sites (N-methyl/N-ethyl adjacent to an activating group) is 1. The summed E-state index contributed by atoms with van der Waals surface area (Å²) in [4.78, 5) is 55.1. The van der Waals surface area contributed by atoms with Crippen molar-refractivity contribution in [3.05, 3.63) is 5.21 Å². The summed E-state index contributed by atoms with van der Waals surface area (Å²) in [6, 6.07) is -0.813. The van der Waals surface area contributed by atoms with Crippen molar-refractivity contribution in [2.75, 3.05) is 27.5 Å². The van der Waals surface area contributed by atoms with E-state index in [-0.39, 0.29) is 19.3 Å². The zero-order chi connectivity index (χ0) is 36.9. The molecule has 0 aromatic rings. The first kappa shape index (κ1) is 40.4. The lowest BCUT2D eigenvalue weighted by Gasteiger charge is -2.50. The summed E-state index contributed by atoms with van der Waals surface area (Å²) in [6.07, 6.45) is -4.42. The second-order valence-electron chi connectivity index (χ2n) is 15.0. The van der Waals surface area contributed by atoms with Gasteiger partial charge < -0.3 is 38.6 Å². The second-order valence-corrected chi connectivity index (χ2v) is 17.2. The number of methoxy groups -OCH3 is 1. The van der Waals surface area contributed by atoms with Crippen LogP contribution < -0.4 is 0 Å². The van der Waals surface area contributed by atoms with Gasteiger partial charge >= 0.3 is 11.9 Å². The van der Waals surface area contributed by atoms with Gasteiger partial charge in [-0.25, -0.2) is 8.42 Å². The van der Waals surface area contributed by atoms with Crippen LogP contribution in [0.3, 0.4) is 0 Å². The highest BCUT2D eigenvalue weighted by molar-refractivity contribution is 7.92. The average Bonchev–Trinajstić information content (AvgIpc) is 3.27. The summed E-state index contributed by atoms with van der Waals surface area (Å²) in [6.45, 7) is 12.6. The highest BCUT2D eigenvalue weighted by Gasteiger charge is 2.64. The Morgan fingerprint density at radius 1 is 1.00 bits per heavy atom. The Balaban J connectivity index is 2.18. The zero-order valence-electron chi connectivity index (χ0n) is 30.3. The van der Waals surface area contributed by atoms with E-state index < -0.39 is 121 Å². The number of Topliss-reactive ketones (excluding diaryl/α,β-unsaturated/α-hetero) is 2. The number of carbonyl (C=O) groups is 4. The van der Waals surface area contributed by atoms with Crippen LogP contribution in [0.15, 0.2) is 0 Å². The van der Waals surface area contributed by atoms with Crippen LogP contribution in [-0.4, -0.2) is 122 Å². The van der Waals surface area contributed by atoms with Gasteiger partial charge in [0.15, 0.2) is 38.9 Å². The number of aliphatic hydroxyl groups excluding tert-OH is 1. The van der Waals surface area contributed by atoms with Crippen molar-refractivity contribution in [3.63, 3.8) is 0 Å². The van der Waals surface area contributed by atoms with Crippen molar-refractivity contribution < 1.29 is 61.0 Å². The monoisotopic (exact) mass is 705 g/mol. The molecule has 0 saturated carbocycles. The lowest BCUT2D eigenvalue weighted by molar-refractivity contribution is -0.874. The molecule has 48 heavy (non-hydrogen) atoms. The summed E-state index contributed by atoms with van der Waals surface area (Å²) >= 11 is 0. The molecule has 14 atom stereocenters. The number of fused-ring (bicyclic) bond motifs is 1. The first-order valence-electron chi connectivity index (χ1n) is 16.6. The molecule has 0 spiro atoms. The van der Waals surface area contributed by atoms with E-state index >= 15 is 0 Å². The van der Waals surface area contributed by atoms with E-state index in [0.29, 0.717) is 0 Å². The average molecular weight is 706 g/mol. The van der Waals surface area contributed by atoms with Gasteiger partial charge in [0, 0.05) is 43.5 Å². The fourth-order valence-corrected chi connectivity index (χ4v) is 9.56. The molecule has 14 nitrogen and oxygen atoms in total. The molecule has 0 aliphatic carbocycles. The molecule has 3 unspecified atom stereocenters. The number of hydrogen-bond acceptors (Lipinski definition) is 13. The van der Waals surface area contributed by atoms with Crippen LogP contribution in [0.2, 0.25) is 0 Å². The molecule has 276 valence electrons. The Hall–Kier alpha value is -2.01. The number of esters is 2. The van der Waals surface area contributed by atoms with Crippen LogP contribution >= 0.6 is 0 Å². The van der Waals surface area contributed by atoms with Crippen molar-refractivity contribution in [3.8, 4) is 0 Å². The minimum absolute atomic E-state index is 0.0440. The van der Waals surface area contributed by atoms with Crippen LogP contribution in [-0.2, 0) is 52.7 Å². The first-order valence-corrected chi connectivity index (χ1v) is 18.6. The van der Waals surface area contributed by atoms with E-state index in [1.165, 1.54) is 42.0 Å². The summed E-state index contributed by atoms with van der Waals surface area (Å²) in [5.74, 6) is -8.53. The molecule has 3 saturated heterocycles. The molecule has 1 N–H and O–H groups in total. The Morgan fingerprint density at radius 3 is 2.08 bits per heavy atom. The lowest BCUT2D eigenvalue weighted by atomic mass is 9.70. The number of aliphatic hydroxyl groups is 1. The van der Waals surface area contributed by atoms with E-state index in [4.69, 9.17) is 23.7 Å². The number of hydroxylamine groups is 3. The van der Waals surface area contributed by atoms with Gasteiger partial charge in [-0.2, -0.15) is 0 Å². The largest absolute Gasteiger partial charge is 0.633 e. The first-order chi connectivity index (χ1) is 21.8. The summed E-state index contributed by atoms with van der Waals surface area (Å²) in [5, 5.41) is 22.5. The standard InChI is InChI=1S/C33H55NO13S/c1-13-22-33(8)23(27(30(39)47-33)48(12,41)42)18(4)24(35)16(2)15-32(7,43-11)28(19(5)25(36)20(6)29(38)45-22)46-31-26(37)21(34(9,10)40)14-17(3)44-31/h16-23,26-28,31,37H,13-15H2,1-12H3/t16-,17-,18?,19+,20-,21+,22-,23?,26-,27?,28-,31+,32-,33-/m1/s1. The van der Waals surface area contributed by atoms with Gasteiger partial charge in [0.05, 0.1) is 31.9 Å². The van der Waals surface area contributed by atoms with Gasteiger partial charge in [-0.05, 0) is 40.5 Å². The predicted molar refractivity (Wildman–Crippen MR) is 173 cm³/mol. The number of hydrogen-bond donors (Lipinski definition) is 1. The Labute approximate surface area is 284 Å². The van der Waals surface area contributed by atoms with Crippen LogP contribution in [0.1, 0.15) is 74.7 Å². The molecular weight excluding hydrogens is 650 g/mol. The number of cyclic esters (lactones) is 1. The lowest BCUT2D eigenvalue weighted by Crippen LogP contribution is -2.62. The van der Waals surface area contributed by atoms with E-state index in [0.717, 1.165) is 6.26 Å². The van der Waals surface area contributed by atoms with Crippen molar-refractivity contribution in [1.82, 2.24) is 0 Å². The van der Waals surface area contributed by atoms with Crippen LogP contribution in [0.25, 0.3) is 0 Å². The molecular formula is C33H55NO13S. The Kier molecular flexibility index (Phi) is 12.1. The topological polar surface area (TPSA) is 192 Å². The molecule has 0 amide bonds. The van der Waals surface area contributed by atoms with Gasteiger partial charge in [0.1, 0.15) is 23.8 Å². The molecule has 3 heterocycles. The van der Waals surface area contributed by atoms with E-state index in [2.05, 4.69) is 0 Å². The maximum Gasteiger partial charge on any atom is 0.325 e. The third kappa shape index (κ3) is 7.66. The highest BCUT2D eigenvalue weighted by atomic mass is 32.2. The van der Waals surface area contributed by atoms with Crippen molar-refractivity contribution in [2.24, 2.45) is 29.6 Å². The number of ether oxygens (including phenoxy) is 5. The minimum atomic E-state index is -4.09. The Morgan fingerprint density at radius 2 is 1.58 bits per heavy atom. The van der Waals surface area contributed by atoms with Crippen LogP contribution in [0.5, 0.6) is 0 Å².